The fourth-order valence-electron chi connectivity index (χ4n) is 4.11. The summed E-state index contributed by atoms with van der Waals surface area (Å²) in [6.45, 7) is 12.0. The molecule has 0 unspecified atom stereocenters. The molecule has 2 aliphatic heterocycles. The van der Waals surface area contributed by atoms with Crippen molar-refractivity contribution in [3.05, 3.63) is 23.6 Å². The van der Waals surface area contributed by atoms with Crippen LogP contribution in [0.15, 0.2) is 23.6 Å². The van der Waals surface area contributed by atoms with E-state index in [2.05, 4.69) is 32.5 Å². The van der Waals surface area contributed by atoms with Crippen LogP contribution in [-0.4, -0.2) is 105 Å². The number of aromatic nitrogens is 1. The van der Waals surface area contributed by atoms with Gasteiger partial charge in [0.25, 0.3) is 0 Å². The Hall–Kier alpha value is -2.44. The van der Waals surface area contributed by atoms with Gasteiger partial charge in [0.2, 0.25) is 0 Å². The second kappa shape index (κ2) is 13.0. The largest absolute Gasteiger partial charge is 0.496 e. The van der Waals surface area contributed by atoms with E-state index in [-0.39, 0.29) is 6.03 Å². The zero-order chi connectivity index (χ0) is 24.5. The first kappa shape index (κ1) is 25.6. The van der Waals surface area contributed by atoms with Gasteiger partial charge >= 0.3 is 6.03 Å². The minimum atomic E-state index is -0.278. The predicted molar refractivity (Wildman–Crippen MR) is 137 cm³/mol. The fourth-order valence-corrected chi connectivity index (χ4v) is 4.82. The van der Waals surface area contributed by atoms with E-state index in [1.807, 2.05) is 28.6 Å². The number of amides is 2. The molecule has 11 heteroatoms. The number of anilines is 1. The second-order valence-electron chi connectivity index (χ2n) is 8.60. The van der Waals surface area contributed by atoms with Gasteiger partial charge in [0.15, 0.2) is 5.13 Å². The van der Waals surface area contributed by atoms with Gasteiger partial charge in [-0.15, -0.1) is 11.3 Å². The SMILES string of the molecule is CCCOc1ccc(OC)c(-c2csc(NC(=O)NN3CCN(CCN4CCOCC4)CC3)n2)c1. The Morgan fingerprint density at radius 2 is 1.86 bits per heavy atom. The Balaban J connectivity index is 1.24. The van der Waals surface area contributed by atoms with Crippen LogP contribution >= 0.6 is 11.3 Å². The number of hydrogen-bond donors (Lipinski definition) is 2. The van der Waals surface area contributed by atoms with E-state index in [0.717, 1.165) is 89.0 Å². The number of benzene rings is 1. The number of rotatable bonds is 10. The van der Waals surface area contributed by atoms with Gasteiger partial charge in [0, 0.05) is 63.3 Å². The average Bonchev–Trinajstić information content (AvgIpc) is 3.35. The van der Waals surface area contributed by atoms with Crippen LogP contribution in [0.4, 0.5) is 9.93 Å². The van der Waals surface area contributed by atoms with Gasteiger partial charge in [-0.25, -0.2) is 14.8 Å². The molecule has 2 amide bonds. The van der Waals surface area contributed by atoms with Crippen LogP contribution in [0.3, 0.4) is 0 Å². The molecule has 2 aliphatic rings. The van der Waals surface area contributed by atoms with Crippen molar-refractivity contribution in [3.8, 4) is 22.8 Å². The number of ether oxygens (including phenoxy) is 3. The molecule has 192 valence electrons. The lowest BCUT2D eigenvalue weighted by Gasteiger charge is -2.36. The smallest absolute Gasteiger partial charge is 0.335 e. The standard InChI is InChI=1S/C24H36N6O4S/c1-3-14-34-19-4-5-22(32-2)20(17-19)21-18-35-24(25-21)26-23(31)27-30-10-8-28(9-11-30)6-7-29-12-15-33-16-13-29/h4-5,17-18H,3,6-16H2,1-2H3,(H2,25,26,27,31). The van der Waals surface area contributed by atoms with Crippen molar-refractivity contribution < 1.29 is 19.0 Å². The molecule has 3 heterocycles. The zero-order valence-electron chi connectivity index (χ0n) is 20.6. The third-order valence-corrected chi connectivity index (χ3v) is 6.87. The molecule has 10 nitrogen and oxygen atoms in total. The first-order valence-corrected chi connectivity index (χ1v) is 13.1. The Labute approximate surface area is 211 Å². The highest BCUT2D eigenvalue weighted by atomic mass is 32.1. The number of hydrazine groups is 1. The van der Waals surface area contributed by atoms with Gasteiger partial charge < -0.3 is 14.2 Å². The van der Waals surface area contributed by atoms with E-state index in [9.17, 15) is 4.79 Å². The van der Waals surface area contributed by atoms with Crippen LogP contribution in [0.1, 0.15) is 13.3 Å². The fraction of sp³-hybridized carbons (Fsp3) is 0.583. The van der Waals surface area contributed by atoms with E-state index in [4.69, 9.17) is 14.2 Å². The van der Waals surface area contributed by atoms with Crippen LogP contribution < -0.4 is 20.2 Å². The summed E-state index contributed by atoms with van der Waals surface area (Å²) in [5.41, 5.74) is 4.52. The van der Waals surface area contributed by atoms with Crippen molar-refractivity contribution in [2.45, 2.75) is 13.3 Å². The molecule has 0 atom stereocenters. The van der Waals surface area contributed by atoms with Gasteiger partial charge in [-0.2, -0.15) is 0 Å². The van der Waals surface area contributed by atoms with Crippen molar-refractivity contribution in [1.82, 2.24) is 25.2 Å². The third-order valence-electron chi connectivity index (χ3n) is 6.11. The number of nitrogens with one attached hydrogen (secondary N) is 2. The monoisotopic (exact) mass is 504 g/mol. The number of nitrogens with zero attached hydrogens (tertiary/aromatic N) is 4. The molecule has 2 saturated heterocycles. The number of thiazole rings is 1. The van der Waals surface area contributed by atoms with Crippen LogP contribution in [0, 0.1) is 0 Å². The Morgan fingerprint density at radius 1 is 1.11 bits per heavy atom. The Morgan fingerprint density at radius 3 is 2.57 bits per heavy atom. The Kier molecular flexibility index (Phi) is 9.55. The van der Waals surface area contributed by atoms with Crippen molar-refractivity contribution >= 4 is 22.5 Å². The summed E-state index contributed by atoms with van der Waals surface area (Å²) in [7, 11) is 1.63. The number of methoxy groups -OCH3 is 1. The van der Waals surface area contributed by atoms with Crippen LogP contribution in [0.5, 0.6) is 11.5 Å². The summed E-state index contributed by atoms with van der Waals surface area (Å²) in [5.74, 6) is 1.48. The molecule has 1 aromatic carbocycles. The van der Waals surface area contributed by atoms with Crippen LogP contribution in [0.25, 0.3) is 11.3 Å². The van der Waals surface area contributed by atoms with E-state index in [1.54, 1.807) is 7.11 Å². The number of piperazine rings is 1. The van der Waals surface area contributed by atoms with Gasteiger partial charge in [0.05, 0.1) is 32.6 Å². The molecule has 1 aromatic heterocycles. The lowest BCUT2D eigenvalue weighted by atomic mass is 10.1. The van der Waals surface area contributed by atoms with Gasteiger partial charge in [-0.05, 0) is 24.6 Å². The molecule has 0 aliphatic carbocycles. The highest BCUT2D eigenvalue weighted by Crippen LogP contribution is 2.35. The maximum absolute atomic E-state index is 12.6. The van der Waals surface area contributed by atoms with E-state index in [0.29, 0.717) is 17.5 Å². The van der Waals surface area contributed by atoms with E-state index < -0.39 is 0 Å². The maximum Gasteiger partial charge on any atom is 0.335 e. The topological polar surface area (TPSA) is 91.4 Å². The number of carbonyl (C=O) groups excluding carboxylic acids is 1. The van der Waals surface area contributed by atoms with Gasteiger partial charge in [0.1, 0.15) is 11.5 Å². The summed E-state index contributed by atoms with van der Waals surface area (Å²) in [5, 5.41) is 7.26. The van der Waals surface area contributed by atoms with Crippen LogP contribution in [-0.2, 0) is 4.74 Å². The van der Waals surface area contributed by atoms with Crippen LogP contribution in [0.2, 0.25) is 0 Å². The molecular weight excluding hydrogens is 468 g/mol. The molecule has 4 rings (SSSR count). The lowest BCUT2D eigenvalue weighted by Crippen LogP contribution is -2.55. The van der Waals surface area contributed by atoms with Gasteiger partial charge in [-0.1, -0.05) is 6.92 Å². The molecule has 2 aromatic rings. The predicted octanol–water partition coefficient (Wildman–Crippen LogP) is 2.59. The number of morpholine rings is 1. The minimum absolute atomic E-state index is 0.278. The van der Waals surface area contributed by atoms with Crippen molar-refractivity contribution in [2.24, 2.45) is 0 Å². The molecule has 0 radical (unpaired) electrons. The summed E-state index contributed by atoms with van der Waals surface area (Å²) >= 11 is 1.38. The normalized spacial score (nSPS) is 17.8. The molecule has 2 fully saturated rings. The average molecular weight is 505 g/mol. The highest BCUT2D eigenvalue weighted by molar-refractivity contribution is 7.14. The van der Waals surface area contributed by atoms with Gasteiger partial charge in [-0.3, -0.25) is 20.5 Å². The van der Waals surface area contributed by atoms with Crippen molar-refractivity contribution in [1.29, 1.82) is 0 Å². The van der Waals surface area contributed by atoms with E-state index in [1.165, 1.54) is 11.3 Å². The quantitative estimate of drug-likeness (QED) is 0.510. The molecular formula is C24H36N6O4S. The summed E-state index contributed by atoms with van der Waals surface area (Å²) in [4.78, 5) is 22.1. The molecule has 35 heavy (non-hydrogen) atoms. The first-order valence-electron chi connectivity index (χ1n) is 12.3. The molecule has 0 saturated carbocycles. The first-order chi connectivity index (χ1) is 17.1. The maximum atomic E-state index is 12.6. The summed E-state index contributed by atoms with van der Waals surface area (Å²) < 4.78 is 16.7. The lowest BCUT2D eigenvalue weighted by molar-refractivity contribution is 0.0284. The van der Waals surface area contributed by atoms with Crippen molar-refractivity contribution in [2.75, 3.05) is 84.6 Å². The third kappa shape index (κ3) is 7.52. The number of carbonyl (C=O) groups is 1. The highest BCUT2D eigenvalue weighted by Gasteiger charge is 2.20. The summed E-state index contributed by atoms with van der Waals surface area (Å²) in [6.07, 6.45) is 0.935. The second-order valence-corrected chi connectivity index (χ2v) is 9.46. The molecule has 0 bridgehead atoms. The van der Waals surface area contributed by atoms with E-state index >= 15 is 0 Å². The number of urea groups is 1. The zero-order valence-corrected chi connectivity index (χ0v) is 21.4. The van der Waals surface area contributed by atoms with Crippen molar-refractivity contribution in [3.63, 3.8) is 0 Å². The molecule has 0 spiro atoms. The Bertz CT molecular complexity index is 944. The number of hydrogen-bond acceptors (Lipinski definition) is 9. The summed E-state index contributed by atoms with van der Waals surface area (Å²) in [6, 6.07) is 5.41. The molecule has 2 N–H and O–H groups in total. The minimum Gasteiger partial charge on any atom is -0.496 e.